The molecule has 0 saturated carbocycles. The van der Waals surface area contributed by atoms with Crippen LogP contribution >= 0.6 is 0 Å². The molecule has 0 bridgehead atoms. The fraction of sp³-hybridized carbons (Fsp3) is 0.200. The molecule has 0 aliphatic carbocycles. The van der Waals surface area contributed by atoms with Gasteiger partial charge in [-0.2, -0.15) is 0 Å². The average molecular weight is 427 g/mol. The van der Waals surface area contributed by atoms with Gasteiger partial charge in [0.25, 0.3) is 5.69 Å². The number of non-ortho nitro benzene ring substituents is 1. The zero-order chi connectivity index (χ0) is 22.2. The number of carbonyl (C=O) groups excluding carboxylic acids is 2. The van der Waals surface area contributed by atoms with Crippen molar-refractivity contribution in [2.24, 2.45) is 11.8 Å². The van der Waals surface area contributed by atoms with Crippen molar-refractivity contribution in [3.8, 4) is 0 Å². The number of amides is 2. The summed E-state index contributed by atoms with van der Waals surface area (Å²) in [6, 6.07) is 24.4. The quantitative estimate of drug-likeness (QED) is 0.381. The summed E-state index contributed by atoms with van der Waals surface area (Å²) in [5.41, 5.74) is 2.39. The fourth-order valence-electron chi connectivity index (χ4n) is 4.92. The predicted octanol–water partition coefficient (Wildman–Crippen LogP) is 3.66. The molecule has 2 saturated heterocycles. The van der Waals surface area contributed by atoms with E-state index in [1.165, 1.54) is 17.0 Å². The first-order valence-corrected chi connectivity index (χ1v) is 10.5. The lowest BCUT2D eigenvalue weighted by Gasteiger charge is -2.23. The van der Waals surface area contributed by atoms with Gasteiger partial charge in [-0.15, -0.1) is 0 Å². The Morgan fingerprint density at radius 1 is 0.812 bits per heavy atom. The Kier molecular flexibility index (Phi) is 5.03. The molecule has 2 amide bonds. The van der Waals surface area contributed by atoms with E-state index in [-0.39, 0.29) is 23.5 Å². The molecule has 4 atom stereocenters. The third-order valence-corrected chi connectivity index (χ3v) is 6.36. The third kappa shape index (κ3) is 3.36. The molecule has 0 spiro atoms. The van der Waals surface area contributed by atoms with Gasteiger partial charge in [0.15, 0.2) is 0 Å². The third-order valence-electron chi connectivity index (χ3n) is 6.36. The van der Waals surface area contributed by atoms with E-state index in [1.807, 2.05) is 36.4 Å². The van der Waals surface area contributed by atoms with E-state index < -0.39 is 22.8 Å². The van der Waals surface area contributed by atoms with Gasteiger partial charge in [0.05, 0.1) is 22.4 Å². The number of rotatable bonds is 5. The Morgan fingerprint density at radius 3 is 2.03 bits per heavy atom. The van der Waals surface area contributed by atoms with Gasteiger partial charge >= 0.3 is 0 Å². The van der Waals surface area contributed by atoms with E-state index in [1.54, 1.807) is 36.4 Å². The Hall–Kier alpha value is -3.84. The fourth-order valence-corrected chi connectivity index (χ4v) is 4.92. The van der Waals surface area contributed by atoms with Crippen molar-refractivity contribution in [2.45, 2.75) is 18.5 Å². The van der Waals surface area contributed by atoms with Crippen LogP contribution in [0.3, 0.4) is 0 Å². The molecule has 7 heteroatoms. The highest BCUT2D eigenvalue weighted by Crippen LogP contribution is 2.46. The SMILES string of the molecule is O=C1[C@@H]2[C@H](C(=O)N1c1ccccc1)[C@H](c1ccc([N+](=O)[O-])cc1)N[C@@H]2Cc1ccccc1. The number of anilines is 1. The molecular formula is C25H21N3O4. The number of benzene rings is 3. The molecule has 2 heterocycles. The lowest BCUT2D eigenvalue weighted by atomic mass is 9.85. The number of hydrogen-bond donors (Lipinski definition) is 1. The number of para-hydroxylation sites is 1. The Morgan fingerprint density at radius 2 is 1.41 bits per heavy atom. The first-order valence-electron chi connectivity index (χ1n) is 10.5. The molecule has 160 valence electrons. The molecule has 1 N–H and O–H groups in total. The van der Waals surface area contributed by atoms with Crippen LogP contribution in [-0.2, 0) is 16.0 Å². The van der Waals surface area contributed by atoms with Gasteiger partial charge in [-0.3, -0.25) is 19.7 Å². The number of imide groups is 1. The zero-order valence-corrected chi connectivity index (χ0v) is 17.1. The minimum atomic E-state index is -0.571. The predicted molar refractivity (Wildman–Crippen MR) is 119 cm³/mol. The molecular weight excluding hydrogens is 406 g/mol. The van der Waals surface area contributed by atoms with Crippen LogP contribution in [0.2, 0.25) is 0 Å². The molecule has 0 aromatic heterocycles. The number of nitrogens with zero attached hydrogens (tertiary/aromatic N) is 2. The van der Waals surface area contributed by atoms with Gasteiger partial charge in [0.2, 0.25) is 11.8 Å². The number of fused-ring (bicyclic) bond motifs is 1. The van der Waals surface area contributed by atoms with Gasteiger partial charge in [0, 0.05) is 24.2 Å². The van der Waals surface area contributed by atoms with Crippen LogP contribution in [0.5, 0.6) is 0 Å². The largest absolute Gasteiger partial charge is 0.305 e. The lowest BCUT2D eigenvalue weighted by Crippen LogP contribution is -2.40. The van der Waals surface area contributed by atoms with E-state index in [9.17, 15) is 19.7 Å². The van der Waals surface area contributed by atoms with Gasteiger partial charge in [-0.05, 0) is 29.7 Å². The molecule has 2 aliphatic rings. The van der Waals surface area contributed by atoms with Crippen molar-refractivity contribution in [2.75, 3.05) is 4.90 Å². The van der Waals surface area contributed by atoms with Gasteiger partial charge in [-0.25, -0.2) is 4.90 Å². The summed E-state index contributed by atoms with van der Waals surface area (Å²) in [4.78, 5) is 38.9. The summed E-state index contributed by atoms with van der Waals surface area (Å²) < 4.78 is 0. The monoisotopic (exact) mass is 427 g/mol. The first kappa shape index (κ1) is 20.1. The number of nitro benzene ring substituents is 1. The molecule has 3 aromatic rings. The molecule has 5 rings (SSSR count). The molecule has 32 heavy (non-hydrogen) atoms. The van der Waals surface area contributed by atoms with Crippen molar-refractivity contribution in [3.05, 3.63) is 106 Å². The maximum absolute atomic E-state index is 13.5. The van der Waals surface area contributed by atoms with E-state index >= 15 is 0 Å². The molecule has 3 aromatic carbocycles. The number of nitro groups is 1. The maximum atomic E-state index is 13.5. The van der Waals surface area contributed by atoms with Crippen LogP contribution in [0.1, 0.15) is 17.2 Å². The number of nitrogens with one attached hydrogen (secondary N) is 1. The minimum absolute atomic E-state index is 0.0103. The smallest absolute Gasteiger partial charge is 0.269 e. The Labute approximate surface area is 184 Å². The van der Waals surface area contributed by atoms with Crippen molar-refractivity contribution >= 4 is 23.2 Å². The highest BCUT2D eigenvalue weighted by Gasteiger charge is 2.59. The maximum Gasteiger partial charge on any atom is 0.269 e. The summed E-state index contributed by atoms with van der Waals surface area (Å²) in [6.07, 6.45) is 0.604. The minimum Gasteiger partial charge on any atom is -0.305 e. The number of hydrogen-bond acceptors (Lipinski definition) is 5. The van der Waals surface area contributed by atoms with Crippen LogP contribution in [-0.4, -0.2) is 22.8 Å². The van der Waals surface area contributed by atoms with Crippen LogP contribution in [0.15, 0.2) is 84.9 Å². The topological polar surface area (TPSA) is 92.5 Å². The Bertz CT molecular complexity index is 1160. The molecule has 2 fully saturated rings. The van der Waals surface area contributed by atoms with Crippen LogP contribution in [0.4, 0.5) is 11.4 Å². The van der Waals surface area contributed by atoms with Crippen LogP contribution in [0, 0.1) is 22.0 Å². The van der Waals surface area contributed by atoms with Crippen molar-refractivity contribution < 1.29 is 14.5 Å². The van der Waals surface area contributed by atoms with Gasteiger partial charge < -0.3 is 5.32 Å². The van der Waals surface area contributed by atoms with E-state index in [0.717, 1.165) is 11.1 Å². The Balaban J connectivity index is 1.53. The molecule has 2 aliphatic heterocycles. The summed E-state index contributed by atoms with van der Waals surface area (Å²) in [5, 5.41) is 14.6. The molecule has 0 unspecified atom stereocenters. The second-order valence-electron chi connectivity index (χ2n) is 8.19. The van der Waals surface area contributed by atoms with Gasteiger partial charge in [-0.1, -0.05) is 60.7 Å². The summed E-state index contributed by atoms with van der Waals surface area (Å²) in [6.45, 7) is 0. The normalized spacial score (nSPS) is 24.6. The van der Waals surface area contributed by atoms with Crippen molar-refractivity contribution in [1.29, 1.82) is 0 Å². The zero-order valence-electron chi connectivity index (χ0n) is 17.1. The second kappa shape index (κ2) is 8.01. The highest BCUT2D eigenvalue weighted by molar-refractivity contribution is 6.22. The van der Waals surface area contributed by atoms with Gasteiger partial charge in [0.1, 0.15) is 0 Å². The lowest BCUT2D eigenvalue weighted by molar-refractivity contribution is -0.384. The highest BCUT2D eigenvalue weighted by atomic mass is 16.6. The summed E-state index contributed by atoms with van der Waals surface area (Å²) in [7, 11) is 0. The first-order chi connectivity index (χ1) is 15.5. The standard InChI is InChI=1S/C25H21N3O4/c29-24-21-20(15-16-7-3-1-4-8-16)26-23(17-11-13-19(14-12-17)28(31)32)22(21)25(30)27(24)18-9-5-2-6-10-18/h1-14,20-23,26H,15H2/t20-,21+,22+,23+/m1/s1. The average Bonchev–Trinajstić information content (AvgIpc) is 3.31. The van der Waals surface area contributed by atoms with E-state index in [0.29, 0.717) is 12.1 Å². The summed E-state index contributed by atoms with van der Waals surface area (Å²) >= 11 is 0. The van der Waals surface area contributed by atoms with E-state index in [2.05, 4.69) is 5.32 Å². The molecule has 7 nitrogen and oxygen atoms in total. The number of carbonyl (C=O) groups is 2. The van der Waals surface area contributed by atoms with E-state index in [4.69, 9.17) is 0 Å². The summed E-state index contributed by atoms with van der Waals surface area (Å²) in [5.74, 6) is -1.53. The van der Waals surface area contributed by atoms with Crippen molar-refractivity contribution in [3.63, 3.8) is 0 Å². The second-order valence-corrected chi connectivity index (χ2v) is 8.19. The van der Waals surface area contributed by atoms with Crippen LogP contribution < -0.4 is 10.2 Å². The molecule has 0 radical (unpaired) electrons. The van der Waals surface area contributed by atoms with Crippen molar-refractivity contribution in [1.82, 2.24) is 5.32 Å². The van der Waals surface area contributed by atoms with Crippen LogP contribution in [0.25, 0.3) is 0 Å².